The molecule has 0 nitrogen and oxygen atoms in total. The molecule has 0 unspecified atom stereocenters. The van der Waals surface area contributed by atoms with Crippen molar-refractivity contribution in [3.05, 3.63) is 167 Å². The van der Waals surface area contributed by atoms with Gasteiger partial charge in [-0.05, 0) is 142 Å². The molecule has 6 aromatic carbocycles. The van der Waals surface area contributed by atoms with Gasteiger partial charge >= 0.3 is 0 Å². The van der Waals surface area contributed by atoms with Crippen molar-refractivity contribution in [1.29, 1.82) is 0 Å². The third-order valence-electron chi connectivity index (χ3n) is 10.8. The van der Waals surface area contributed by atoms with Gasteiger partial charge in [0.25, 0.3) is 0 Å². The van der Waals surface area contributed by atoms with Crippen LogP contribution in [0, 0.1) is 13.8 Å². The zero-order valence-electron chi connectivity index (χ0n) is 30.4. The molecule has 0 aliphatic heterocycles. The molecule has 0 radical (unpaired) electrons. The lowest BCUT2D eigenvalue weighted by molar-refractivity contribution is 0.639. The Kier molecular flexibility index (Phi) is 12.2. The molecule has 0 aliphatic carbocycles. The Morgan fingerprint density at radius 2 is 0.900 bits per heavy atom. The molecule has 0 heteroatoms. The van der Waals surface area contributed by atoms with Crippen molar-refractivity contribution in [2.45, 2.75) is 90.9 Å². The fraction of sp³-hybridized carbons (Fsp3) is 0.280. The van der Waals surface area contributed by atoms with Crippen LogP contribution in [-0.2, 0) is 25.7 Å². The lowest BCUT2D eigenvalue weighted by atomic mass is 9.84. The van der Waals surface area contributed by atoms with Gasteiger partial charge in [0.1, 0.15) is 0 Å². The van der Waals surface area contributed by atoms with Crippen LogP contribution in [0.15, 0.2) is 122 Å². The topological polar surface area (TPSA) is 0 Å². The van der Waals surface area contributed by atoms with Gasteiger partial charge in [0.05, 0.1) is 0 Å². The first kappa shape index (κ1) is 35.2. The minimum absolute atomic E-state index is 1.11. The number of rotatable bonds is 17. The fourth-order valence-corrected chi connectivity index (χ4v) is 7.83. The number of hydrogen-bond donors (Lipinski definition) is 0. The van der Waals surface area contributed by atoms with Gasteiger partial charge in [-0.1, -0.05) is 160 Å². The molecule has 6 rings (SSSR count). The van der Waals surface area contributed by atoms with E-state index in [0.717, 1.165) is 25.7 Å². The summed E-state index contributed by atoms with van der Waals surface area (Å²) in [5.74, 6) is 0. The highest BCUT2D eigenvalue weighted by molar-refractivity contribution is 6.08. The van der Waals surface area contributed by atoms with Gasteiger partial charge in [-0.15, -0.1) is 0 Å². The van der Waals surface area contributed by atoms with Crippen molar-refractivity contribution in [3.8, 4) is 11.1 Å². The first-order valence-corrected chi connectivity index (χ1v) is 19.0. The van der Waals surface area contributed by atoms with Crippen molar-refractivity contribution in [1.82, 2.24) is 0 Å². The van der Waals surface area contributed by atoms with Crippen LogP contribution in [0.2, 0.25) is 0 Å². The standard InChI is InChI=1S/C50H54/c1-5-39-27-31-41(32-28-39)19-11-7-9-13-21-43-36-49(47-25-17-16-24-46(47)38(43)4)50-44(35-37(3)45-23-15-18-26-48(45)50)22-14-10-8-12-20-42-33-29-40(6-2)30-34-42/h5-6,15-18,23-36H,1-2,7-14,19-22H2,3-4H3. The number of hydrogen-bond acceptors (Lipinski definition) is 0. The summed E-state index contributed by atoms with van der Waals surface area (Å²) in [5, 5.41) is 5.55. The molecule has 0 bridgehead atoms. The number of fused-ring (bicyclic) bond motifs is 2. The highest BCUT2D eigenvalue weighted by atomic mass is 14.2. The van der Waals surface area contributed by atoms with E-state index < -0.39 is 0 Å². The average Bonchev–Trinajstić information content (AvgIpc) is 3.16. The maximum atomic E-state index is 3.88. The molecule has 0 spiro atoms. The van der Waals surface area contributed by atoms with Gasteiger partial charge in [0, 0.05) is 0 Å². The van der Waals surface area contributed by atoms with Crippen LogP contribution >= 0.6 is 0 Å². The molecular formula is C50H54. The number of unbranched alkanes of at least 4 members (excludes halogenated alkanes) is 6. The summed E-state index contributed by atoms with van der Waals surface area (Å²) < 4.78 is 0. The maximum Gasteiger partial charge on any atom is -0.00668 e. The first-order valence-electron chi connectivity index (χ1n) is 19.0. The van der Waals surface area contributed by atoms with E-state index in [1.807, 2.05) is 12.2 Å². The Hall–Kier alpha value is -4.68. The van der Waals surface area contributed by atoms with E-state index in [2.05, 4.69) is 136 Å². The molecule has 50 heavy (non-hydrogen) atoms. The molecule has 0 aromatic heterocycles. The lowest BCUT2D eigenvalue weighted by Gasteiger charge is -2.20. The Morgan fingerprint density at radius 1 is 0.440 bits per heavy atom. The molecule has 0 amide bonds. The Bertz CT molecular complexity index is 2040. The van der Waals surface area contributed by atoms with Crippen LogP contribution in [-0.4, -0.2) is 0 Å². The summed E-state index contributed by atoms with van der Waals surface area (Å²) in [6.45, 7) is 12.4. The highest BCUT2D eigenvalue weighted by Crippen LogP contribution is 2.41. The summed E-state index contributed by atoms with van der Waals surface area (Å²) in [7, 11) is 0. The second-order valence-corrected chi connectivity index (χ2v) is 14.2. The molecule has 0 aliphatic rings. The molecule has 0 saturated heterocycles. The quantitative estimate of drug-likeness (QED) is 0.0859. The van der Waals surface area contributed by atoms with Crippen LogP contribution in [0.5, 0.6) is 0 Å². The van der Waals surface area contributed by atoms with Crippen LogP contribution in [0.25, 0.3) is 44.8 Å². The largest absolute Gasteiger partial charge is 0.0985 e. The van der Waals surface area contributed by atoms with Crippen LogP contribution in [0.1, 0.15) is 95.9 Å². The summed E-state index contributed by atoms with van der Waals surface area (Å²) in [5.41, 5.74) is 14.0. The molecule has 254 valence electrons. The summed E-state index contributed by atoms with van der Waals surface area (Å²) in [4.78, 5) is 0. The third-order valence-corrected chi connectivity index (χ3v) is 10.8. The van der Waals surface area contributed by atoms with Gasteiger partial charge in [0.2, 0.25) is 0 Å². The molecule has 0 saturated carbocycles. The Morgan fingerprint density at radius 3 is 1.44 bits per heavy atom. The predicted octanol–water partition coefficient (Wildman–Crippen LogP) is 14.3. The van der Waals surface area contributed by atoms with E-state index in [1.54, 1.807) is 0 Å². The lowest BCUT2D eigenvalue weighted by Crippen LogP contribution is -1.99. The summed E-state index contributed by atoms with van der Waals surface area (Å²) in [6.07, 6.45) is 18.4. The van der Waals surface area contributed by atoms with Crippen molar-refractivity contribution in [2.24, 2.45) is 0 Å². The van der Waals surface area contributed by atoms with Crippen molar-refractivity contribution in [2.75, 3.05) is 0 Å². The maximum absolute atomic E-state index is 3.88. The normalized spacial score (nSPS) is 11.3. The molecule has 0 fully saturated rings. The van der Waals surface area contributed by atoms with Gasteiger partial charge in [-0.25, -0.2) is 0 Å². The second kappa shape index (κ2) is 17.3. The van der Waals surface area contributed by atoms with E-state index in [1.165, 1.54) is 129 Å². The van der Waals surface area contributed by atoms with Crippen LogP contribution in [0.4, 0.5) is 0 Å². The van der Waals surface area contributed by atoms with Crippen LogP contribution in [0.3, 0.4) is 0 Å². The first-order chi connectivity index (χ1) is 24.6. The molecule has 6 aromatic rings. The summed E-state index contributed by atoms with van der Waals surface area (Å²) >= 11 is 0. The van der Waals surface area contributed by atoms with Crippen molar-refractivity contribution >= 4 is 33.7 Å². The van der Waals surface area contributed by atoms with E-state index >= 15 is 0 Å². The average molecular weight is 655 g/mol. The van der Waals surface area contributed by atoms with Crippen molar-refractivity contribution in [3.63, 3.8) is 0 Å². The van der Waals surface area contributed by atoms with Gasteiger partial charge < -0.3 is 0 Å². The van der Waals surface area contributed by atoms with E-state index in [4.69, 9.17) is 0 Å². The molecule has 0 atom stereocenters. The summed E-state index contributed by atoms with van der Waals surface area (Å²) in [6, 6.07) is 41.0. The number of benzene rings is 6. The third kappa shape index (κ3) is 8.54. The second-order valence-electron chi connectivity index (χ2n) is 14.2. The van der Waals surface area contributed by atoms with Crippen LogP contribution < -0.4 is 0 Å². The molecule has 0 N–H and O–H groups in total. The molecular weight excluding hydrogens is 601 g/mol. The zero-order chi connectivity index (χ0) is 34.7. The number of aryl methyl sites for hydroxylation is 6. The van der Waals surface area contributed by atoms with E-state index in [0.29, 0.717) is 0 Å². The zero-order valence-corrected chi connectivity index (χ0v) is 30.4. The van der Waals surface area contributed by atoms with Gasteiger partial charge in [0.15, 0.2) is 0 Å². The predicted molar refractivity (Wildman–Crippen MR) is 221 cm³/mol. The van der Waals surface area contributed by atoms with Gasteiger partial charge in [-0.2, -0.15) is 0 Å². The fourth-order valence-electron chi connectivity index (χ4n) is 7.83. The SMILES string of the molecule is C=Cc1ccc(CCCCCCc2cc(-c3c(CCCCCCc4ccc(C=C)cc4)cc(C)c4ccccc34)c3ccccc3c2C)cc1. The highest BCUT2D eigenvalue weighted by Gasteiger charge is 2.17. The monoisotopic (exact) mass is 654 g/mol. The van der Waals surface area contributed by atoms with E-state index in [9.17, 15) is 0 Å². The minimum atomic E-state index is 1.11. The Labute approximate surface area is 301 Å². The van der Waals surface area contributed by atoms with E-state index in [-0.39, 0.29) is 0 Å². The smallest absolute Gasteiger partial charge is 0.00668 e. The molecule has 0 heterocycles. The van der Waals surface area contributed by atoms with Crippen molar-refractivity contribution < 1.29 is 0 Å². The Balaban J connectivity index is 1.18. The van der Waals surface area contributed by atoms with Gasteiger partial charge in [-0.3, -0.25) is 0 Å². The minimum Gasteiger partial charge on any atom is -0.0985 e.